The minimum Gasteiger partial charge on any atom is -0.489 e. The molecular formula is C28H20BrN3O3S. The van der Waals surface area contributed by atoms with E-state index in [-0.39, 0.29) is 11.0 Å². The van der Waals surface area contributed by atoms with Crippen molar-refractivity contribution in [3.05, 3.63) is 113 Å². The number of thiocarbonyl (C=S) groups is 1. The van der Waals surface area contributed by atoms with Crippen molar-refractivity contribution in [2.45, 2.75) is 6.61 Å². The lowest BCUT2D eigenvalue weighted by atomic mass is 10.2. The predicted octanol–water partition coefficient (Wildman–Crippen LogP) is 6.96. The summed E-state index contributed by atoms with van der Waals surface area (Å²) in [6.07, 6.45) is 0. The van der Waals surface area contributed by atoms with Crippen molar-refractivity contribution in [2.24, 2.45) is 0 Å². The minimum absolute atomic E-state index is 0.180. The van der Waals surface area contributed by atoms with Crippen molar-refractivity contribution in [1.82, 2.24) is 10.3 Å². The second kappa shape index (κ2) is 10.7. The number of aromatic nitrogens is 1. The number of hydrogen-bond donors (Lipinski definition) is 2. The van der Waals surface area contributed by atoms with E-state index < -0.39 is 0 Å². The van der Waals surface area contributed by atoms with Gasteiger partial charge in [0, 0.05) is 21.3 Å². The zero-order valence-corrected chi connectivity index (χ0v) is 21.3. The molecule has 5 rings (SSSR count). The maximum Gasteiger partial charge on any atom is 0.257 e. The quantitative estimate of drug-likeness (QED) is 0.220. The Kier molecular flexibility index (Phi) is 7.06. The molecule has 0 atom stereocenters. The van der Waals surface area contributed by atoms with Crippen LogP contribution in [0.25, 0.3) is 22.6 Å². The third-order valence-electron chi connectivity index (χ3n) is 5.31. The second-order valence-corrected chi connectivity index (χ2v) is 9.24. The van der Waals surface area contributed by atoms with Crippen LogP contribution in [0.15, 0.2) is 106 Å². The van der Waals surface area contributed by atoms with E-state index in [1.807, 2.05) is 72.8 Å². The first-order valence-electron chi connectivity index (χ1n) is 11.1. The summed E-state index contributed by atoms with van der Waals surface area (Å²) in [5.41, 5.74) is 4.43. The zero-order valence-electron chi connectivity index (χ0n) is 18.9. The third kappa shape index (κ3) is 5.79. The first kappa shape index (κ1) is 23.7. The van der Waals surface area contributed by atoms with Crippen LogP contribution in [0.2, 0.25) is 0 Å². The lowest BCUT2D eigenvalue weighted by Crippen LogP contribution is -2.34. The Morgan fingerprint density at radius 3 is 2.53 bits per heavy atom. The fourth-order valence-electron chi connectivity index (χ4n) is 3.53. The molecule has 0 aliphatic heterocycles. The van der Waals surface area contributed by atoms with Crippen molar-refractivity contribution in [3.63, 3.8) is 0 Å². The molecule has 0 saturated carbocycles. The molecule has 0 spiro atoms. The highest BCUT2D eigenvalue weighted by Gasteiger charge is 2.12. The third-order valence-corrected chi connectivity index (χ3v) is 6.01. The van der Waals surface area contributed by atoms with E-state index in [4.69, 9.17) is 21.4 Å². The number of carbonyl (C=O) groups excluding carboxylic acids is 1. The zero-order chi connectivity index (χ0) is 24.9. The summed E-state index contributed by atoms with van der Waals surface area (Å²) in [7, 11) is 0. The van der Waals surface area contributed by atoms with E-state index in [1.165, 1.54) is 0 Å². The summed E-state index contributed by atoms with van der Waals surface area (Å²) in [6, 6.07) is 30.0. The van der Waals surface area contributed by atoms with Gasteiger partial charge < -0.3 is 14.5 Å². The molecule has 0 aliphatic carbocycles. The number of benzene rings is 4. The Bertz CT molecular complexity index is 1540. The Morgan fingerprint density at radius 1 is 0.944 bits per heavy atom. The number of fused-ring (bicyclic) bond motifs is 1. The van der Waals surface area contributed by atoms with Crippen LogP contribution < -0.4 is 15.4 Å². The molecule has 4 aromatic carbocycles. The molecule has 0 fully saturated rings. The Balaban J connectivity index is 1.19. The van der Waals surface area contributed by atoms with Crippen LogP contribution in [-0.2, 0) is 6.61 Å². The molecule has 1 heterocycles. The minimum atomic E-state index is -0.318. The molecule has 8 heteroatoms. The topological polar surface area (TPSA) is 76.4 Å². The first-order valence-corrected chi connectivity index (χ1v) is 12.3. The highest BCUT2D eigenvalue weighted by molar-refractivity contribution is 9.10. The number of anilines is 1. The fourth-order valence-corrected chi connectivity index (χ4v) is 4.14. The van der Waals surface area contributed by atoms with E-state index >= 15 is 0 Å². The molecule has 178 valence electrons. The molecule has 0 unspecified atom stereocenters. The molecule has 0 bridgehead atoms. The van der Waals surface area contributed by atoms with Gasteiger partial charge in [0.2, 0.25) is 5.89 Å². The average Bonchev–Trinajstić information content (AvgIpc) is 3.32. The largest absolute Gasteiger partial charge is 0.489 e. The van der Waals surface area contributed by atoms with E-state index in [9.17, 15) is 4.79 Å². The summed E-state index contributed by atoms with van der Waals surface area (Å²) in [4.78, 5) is 17.2. The molecule has 1 aromatic heterocycles. The fraction of sp³-hybridized carbons (Fsp3) is 0.0357. The lowest BCUT2D eigenvalue weighted by Gasteiger charge is -2.10. The number of oxazole rings is 1. The summed E-state index contributed by atoms with van der Waals surface area (Å²) < 4.78 is 12.6. The highest BCUT2D eigenvalue weighted by atomic mass is 79.9. The van der Waals surface area contributed by atoms with Gasteiger partial charge in [-0.3, -0.25) is 10.1 Å². The number of nitrogens with zero attached hydrogens (tertiary/aromatic N) is 1. The van der Waals surface area contributed by atoms with Gasteiger partial charge in [-0.2, -0.15) is 0 Å². The van der Waals surface area contributed by atoms with E-state index in [1.54, 1.807) is 24.3 Å². The van der Waals surface area contributed by atoms with Gasteiger partial charge in [0.15, 0.2) is 10.7 Å². The van der Waals surface area contributed by atoms with Crippen LogP contribution in [0.5, 0.6) is 5.75 Å². The van der Waals surface area contributed by atoms with Gasteiger partial charge in [0.25, 0.3) is 5.91 Å². The molecule has 0 saturated heterocycles. The summed E-state index contributed by atoms with van der Waals surface area (Å²) in [5.74, 6) is 0.885. The number of amides is 1. The molecule has 0 aliphatic rings. The van der Waals surface area contributed by atoms with Crippen molar-refractivity contribution in [3.8, 4) is 17.2 Å². The number of ether oxygens (including phenoxy) is 1. The second-order valence-electron chi connectivity index (χ2n) is 7.92. The van der Waals surface area contributed by atoms with Crippen LogP contribution in [-0.4, -0.2) is 16.0 Å². The van der Waals surface area contributed by atoms with E-state index in [2.05, 4.69) is 31.5 Å². The Hall–Kier alpha value is -4.01. The maximum absolute atomic E-state index is 12.6. The molecular weight excluding hydrogens is 538 g/mol. The SMILES string of the molecule is O=C(NC(=S)Nc1ccc2oc(-c3cccc(Br)c3)nc2c1)c1ccc(OCc2ccccc2)cc1. The van der Waals surface area contributed by atoms with E-state index in [0.29, 0.717) is 40.6 Å². The smallest absolute Gasteiger partial charge is 0.257 e. The van der Waals surface area contributed by atoms with Gasteiger partial charge in [-0.15, -0.1) is 0 Å². The standard InChI is InChI=1S/C28H20BrN3O3S/c29-21-8-4-7-20(15-21)27-31-24-16-22(11-14-25(24)35-27)30-28(36)32-26(33)19-9-12-23(13-10-19)34-17-18-5-2-1-3-6-18/h1-16H,17H2,(H2,30,32,33,36). The lowest BCUT2D eigenvalue weighted by molar-refractivity contribution is 0.0977. The molecule has 2 N–H and O–H groups in total. The average molecular weight is 558 g/mol. The molecule has 6 nitrogen and oxygen atoms in total. The maximum atomic E-state index is 12.6. The Labute approximate surface area is 221 Å². The highest BCUT2D eigenvalue weighted by Crippen LogP contribution is 2.27. The van der Waals surface area contributed by atoms with Gasteiger partial charge in [-0.25, -0.2) is 4.98 Å². The number of carbonyl (C=O) groups is 1. The monoisotopic (exact) mass is 557 g/mol. The first-order chi connectivity index (χ1) is 17.5. The van der Waals surface area contributed by atoms with Gasteiger partial charge in [-0.05, 0) is 78.4 Å². The number of nitrogens with one attached hydrogen (secondary N) is 2. The summed E-state index contributed by atoms with van der Waals surface area (Å²) in [5, 5.41) is 5.91. The van der Waals surface area contributed by atoms with Crippen molar-refractivity contribution in [2.75, 3.05) is 5.32 Å². The van der Waals surface area contributed by atoms with Crippen LogP contribution in [0, 0.1) is 0 Å². The van der Waals surface area contributed by atoms with Crippen molar-refractivity contribution in [1.29, 1.82) is 0 Å². The summed E-state index contributed by atoms with van der Waals surface area (Å²) in [6.45, 7) is 0.459. The Morgan fingerprint density at radius 2 is 1.75 bits per heavy atom. The normalized spacial score (nSPS) is 10.7. The predicted molar refractivity (Wildman–Crippen MR) is 148 cm³/mol. The molecule has 1 amide bonds. The van der Waals surface area contributed by atoms with Gasteiger partial charge >= 0.3 is 0 Å². The number of hydrogen-bond acceptors (Lipinski definition) is 5. The van der Waals surface area contributed by atoms with Crippen LogP contribution in [0.1, 0.15) is 15.9 Å². The van der Waals surface area contributed by atoms with Crippen LogP contribution >= 0.6 is 28.1 Å². The molecule has 0 radical (unpaired) electrons. The molecule has 36 heavy (non-hydrogen) atoms. The van der Waals surface area contributed by atoms with Gasteiger partial charge in [0.1, 0.15) is 17.9 Å². The van der Waals surface area contributed by atoms with E-state index in [0.717, 1.165) is 15.6 Å². The van der Waals surface area contributed by atoms with Crippen molar-refractivity contribution < 1.29 is 13.9 Å². The summed E-state index contributed by atoms with van der Waals surface area (Å²) >= 11 is 8.80. The number of halogens is 1. The van der Waals surface area contributed by atoms with Gasteiger partial charge in [0.05, 0.1) is 0 Å². The molecule has 5 aromatic rings. The van der Waals surface area contributed by atoms with Crippen molar-refractivity contribution >= 4 is 56.0 Å². The van der Waals surface area contributed by atoms with Crippen LogP contribution in [0.4, 0.5) is 5.69 Å². The van der Waals surface area contributed by atoms with Gasteiger partial charge in [-0.1, -0.05) is 52.3 Å². The van der Waals surface area contributed by atoms with Crippen LogP contribution in [0.3, 0.4) is 0 Å². The number of rotatable bonds is 6.